The van der Waals surface area contributed by atoms with Gasteiger partial charge < -0.3 is 4.74 Å². The smallest absolute Gasteiger partial charge is 0.281 e. The molecular formula is C15H13N3O3. The van der Waals surface area contributed by atoms with E-state index in [-0.39, 0.29) is 10.6 Å². The fraction of sp³-hybridized carbons (Fsp3) is 0.133. The summed E-state index contributed by atoms with van der Waals surface area (Å²) in [7, 11) is 3.37. The lowest BCUT2D eigenvalue weighted by molar-refractivity contribution is -0.383. The average Bonchev–Trinajstić information content (AvgIpc) is 2.84. The van der Waals surface area contributed by atoms with Crippen LogP contribution in [0.3, 0.4) is 0 Å². The van der Waals surface area contributed by atoms with E-state index in [1.807, 2.05) is 30.3 Å². The van der Waals surface area contributed by atoms with Crippen LogP contribution in [-0.2, 0) is 7.05 Å². The number of aromatic nitrogens is 2. The van der Waals surface area contributed by atoms with Gasteiger partial charge in [0.1, 0.15) is 16.8 Å². The summed E-state index contributed by atoms with van der Waals surface area (Å²) in [4.78, 5) is 10.9. The molecule has 0 fully saturated rings. The highest BCUT2D eigenvalue weighted by Crippen LogP contribution is 2.34. The molecule has 6 nitrogen and oxygen atoms in total. The molecule has 0 bridgehead atoms. The Morgan fingerprint density at radius 3 is 2.52 bits per heavy atom. The molecule has 0 amide bonds. The van der Waals surface area contributed by atoms with Crippen molar-refractivity contribution < 1.29 is 9.66 Å². The van der Waals surface area contributed by atoms with Crippen LogP contribution in [0.1, 0.15) is 0 Å². The maximum atomic E-state index is 11.3. The zero-order valence-corrected chi connectivity index (χ0v) is 11.6. The first-order valence-corrected chi connectivity index (χ1v) is 6.36. The molecule has 6 heteroatoms. The van der Waals surface area contributed by atoms with Crippen LogP contribution in [0.5, 0.6) is 5.75 Å². The summed E-state index contributed by atoms with van der Waals surface area (Å²) in [6, 6.07) is 12.3. The van der Waals surface area contributed by atoms with E-state index in [1.165, 1.54) is 6.07 Å². The van der Waals surface area contributed by atoms with Crippen molar-refractivity contribution in [3.05, 3.63) is 52.6 Å². The molecule has 3 rings (SSSR count). The lowest BCUT2D eigenvalue weighted by Gasteiger charge is -2.01. The molecule has 0 unspecified atom stereocenters. The van der Waals surface area contributed by atoms with Gasteiger partial charge in [0.15, 0.2) is 0 Å². The SMILES string of the molecule is COc1ccc(-c2nn(C)c3cccc([N+](=O)[O-])c23)cc1. The van der Waals surface area contributed by atoms with Gasteiger partial charge in [-0.2, -0.15) is 5.10 Å². The Kier molecular flexibility index (Phi) is 3.06. The minimum Gasteiger partial charge on any atom is -0.497 e. The Labute approximate surface area is 120 Å². The molecule has 0 radical (unpaired) electrons. The van der Waals surface area contributed by atoms with Crippen LogP contribution in [0.15, 0.2) is 42.5 Å². The van der Waals surface area contributed by atoms with Gasteiger partial charge in [0.2, 0.25) is 0 Å². The van der Waals surface area contributed by atoms with Crippen LogP contribution in [-0.4, -0.2) is 21.8 Å². The number of benzene rings is 2. The quantitative estimate of drug-likeness (QED) is 0.547. The first-order valence-electron chi connectivity index (χ1n) is 6.36. The Hall–Kier alpha value is -2.89. The first kappa shape index (κ1) is 13.1. The van der Waals surface area contributed by atoms with Gasteiger partial charge in [0, 0.05) is 18.7 Å². The van der Waals surface area contributed by atoms with Crippen LogP contribution in [0.25, 0.3) is 22.2 Å². The molecule has 0 N–H and O–H groups in total. The third-order valence-corrected chi connectivity index (χ3v) is 3.42. The summed E-state index contributed by atoms with van der Waals surface area (Å²) in [5.41, 5.74) is 2.21. The number of nitrogens with zero attached hydrogens (tertiary/aromatic N) is 3. The lowest BCUT2D eigenvalue weighted by Crippen LogP contribution is -1.90. The molecule has 2 aromatic carbocycles. The molecular weight excluding hydrogens is 270 g/mol. The summed E-state index contributed by atoms with van der Waals surface area (Å²) >= 11 is 0. The number of hydrogen-bond acceptors (Lipinski definition) is 4. The fourth-order valence-electron chi connectivity index (χ4n) is 2.40. The molecule has 0 aliphatic heterocycles. The van der Waals surface area contributed by atoms with Gasteiger partial charge in [-0.25, -0.2) is 0 Å². The van der Waals surface area contributed by atoms with Crippen molar-refractivity contribution in [3.8, 4) is 17.0 Å². The highest BCUT2D eigenvalue weighted by molar-refractivity contribution is 6.00. The maximum absolute atomic E-state index is 11.3. The Morgan fingerprint density at radius 2 is 1.90 bits per heavy atom. The first-order chi connectivity index (χ1) is 10.1. The topological polar surface area (TPSA) is 70.2 Å². The van der Waals surface area contributed by atoms with E-state index in [4.69, 9.17) is 4.74 Å². The Balaban J connectivity index is 2.28. The Bertz CT molecular complexity index is 822. The summed E-state index contributed by atoms with van der Waals surface area (Å²) < 4.78 is 6.78. The number of ether oxygens (including phenoxy) is 1. The van der Waals surface area contributed by atoms with Gasteiger partial charge in [0.25, 0.3) is 5.69 Å². The molecule has 3 aromatic rings. The highest BCUT2D eigenvalue weighted by Gasteiger charge is 2.20. The minimum atomic E-state index is -0.378. The minimum absolute atomic E-state index is 0.0615. The molecule has 106 valence electrons. The van der Waals surface area contributed by atoms with E-state index in [1.54, 1.807) is 24.9 Å². The molecule has 0 atom stereocenters. The number of hydrogen-bond donors (Lipinski definition) is 0. The molecule has 1 aromatic heterocycles. The summed E-state index contributed by atoms with van der Waals surface area (Å²) in [5, 5.41) is 16.2. The maximum Gasteiger partial charge on any atom is 0.281 e. The number of nitro groups is 1. The molecule has 0 aliphatic rings. The molecule has 1 heterocycles. The van der Waals surface area contributed by atoms with E-state index >= 15 is 0 Å². The van der Waals surface area contributed by atoms with Crippen LogP contribution in [0.4, 0.5) is 5.69 Å². The predicted molar refractivity (Wildman–Crippen MR) is 79.4 cm³/mol. The van der Waals surface area contributed by atoms with Crippen LogP contribution < -0.4 is 4.74 Å². The van der Waals surface area contributed by atoms with Gasteiger partial charge in [-0.15, -0.1) is 0 Å². The summed E-state index contributed by atoms with van der Waals surface area (Å²) in [5.74, 6) is 0.730. The van der Waals surface area contributed by atoms with Gasteiger partial charge in [0.05, 0.1) is 17.5 Å². The Morgan fingerprint density at radius 1 is 1.19 bits per heavy atom. The molecule has 0 saturated heterocycles. The number of methoxy groups -OCH3 is 1. The summed E-state index contributed by atoms with van der Waals surface area (Å²) in [6.07, 6.45) is 0. The van der Waals surface area contributed by atoms with Crippen LogP contribution >= 0.6 is 0 Å². The van der Waals surface area contributed by atoms with E-state index < -0.39 is 0 Å². The number of nitro benzene ring substituents is 1. The second kappa shape index (κ2) is 4.90. The average molecular weight is 283 g/mol. The zero-order valence-electron chi connectivity index (χ0n) is 11.6. The van der Waals surface area contributed by atoms with E-state index in [0.717, 1.165) is 16.8 Å². The van der Waals surface area contributed by atoms with Crippen molar-refractivity contribution in [2.45, 2.75) is 0 Å². The fourth-order valence-corrected chi connectivity index (χ4v) is 2.40. The molecule has 0 spiro atoms. The largest absolute Gasteiger partial charge is 0.497 e. The third kappa shape index (κ3) is 2.10. The highest BCUT2D eigenvalue weighted by atomic mass is 16.6. The lowest BCUT2D eigenvalue weighted by atomic mass is 10.1. The van der Waals surface area contributed by atoms with Crippen molar-refractivity contribution in [2.24, 2.45) is 7.05 Å². The van der Waals surface area contributed by atoms with Gasteiger partial charge >= 0.3 is 0 Å². The van der Waals surface area contributed by atoms with Crippen molar-refractivity contribution >= 4 is 16.6 Å². The van der Waals surface area contributed by atoms with Crippen molar-refractivity contribution in [1.82, 2.24) is 9.78 Å². The third-order valence-electron chi connectivity index (χ3n) is 3.42. The van der Waals surface area contributed by atoms with Crippen LogP contribution in [0.2, 0.25) is 0 Å². The number of non-ortho nitro benzene ring substituents is 1. The van der Waals surface area contributed by atoms with Crippen molar-refractivity contribution in [1.29, 1.82) is 0 Å². The standard InChI is InChI=1S/C15H13N3O3/c1-17-12-4-3-5-13(18(19)20)14(12)15(16-17)10-6-8-11(21-2)9-7-10/h3-9H,1-2H3. The van der Waals surface area contributed by atoms with Gasteiger partial charge in [-0.1, -0.05) is 6.07 Å². The normalized spacial score (nSPS) is 10.8. The number of fused-ring (bicyclic) bond motifs is 1. The number of rotatable bonds is 3. The second-order valence-corrected chi connectivity index (χ2v) is 4.63. The zero-order chi connectivity index (χ0) is 15.0. The monoisotopic (exact) mass is 283 g/mol. The number of aryl methyl sites for hydroxylation is 1. The molecule has 21 heavy (non-hydrogen) atoms. The molecule has 0 aliphatic carbocycles. The van der Waals surface area contributed by atoms with Crippen molar-refractivity contribution in [3.63, 3.8) is 0 Å². The predicted octanol–water partition coefficient (Wildman–Crippen LogP) is 3.16. The van der Waals surface area contributed by atoms with Gasteiger partial charge in [-0.05, 0) is 30.3 Å². The summed E-state index contributed by atoms with van der Waals surface area (Å²) in [6.45, 7) is 0. The van der Waals surface area contributed by atoms with E-state index in [9.17, 15) is 10.1 Å². The second-order valence-electron chi connectivity index (χ2n) is 4.63. The molecule has 0 saturated carbocycles. The van der Waals surface area contributed by atoms with Crippen LogP contribution in [0, 0.1) is 10.1 Å². The van der Waals surface area contributed by atoms with Gasteiger partial charge in [-0.3, -0.25) is 14.8 Å². The van der Waals surface area contributed by atoms with E-state index in [0.29, 0.717) is 11.1 Å². The van der Waals surface area contributed by atoms with E-state index in [2.05, 4.69) is 5.10 Å². The van der Waals surface area contributed by atoms with Crippen molar-refractivity contribution in [2.75, 3.05) is 7.11 Å².